The van der Waals surface area contributed by atoms with Gasteiger partial charge in [-0.1, -0.05) is 31.2 Å². The van der Waals surface area contributed by atoms with Crippen molar-refractivity contribution in [3.63, 3.8) is 0 Å². The van der Waals surface area contributed by atoms with Crippen molar-refractivity contribution in [1.82, 2.24) is 0 Å². The summed E-state index contributed by atoms with van der Waals surface area (Å²) in [5.41, 5.74) is 1.64. The van der Waals surface area contributed by atoms with Crippen molar-refractivity contribution in [2.45, 2.75) is 26.3 Å². The maximum atomic E-state index is 12.0. The van der Waals surface area contributed by atoms with Crippen LogP contribution in [-0.2, 0) is 13.0 Å². The molecule has 0 aliphatic rings. The predicted molar refractivity (Wildman–Crippen MR) is 72.4 cm³/mol. The Morgan fingerprint density at radius 1 is 1.32 bits per heavy atom. The largest absolute Gasteiger partial charge is 0.872 e. The van der Waals surface area contributed by atoms with Crippen molar-refractivity contribution in [2.24, 2.45) is 0 Å². The van der Waals surface area contributed by atoms with Gasteiger partial charge in [0.1, 0.15) is 12.1 Å². The summed E-state index contributed by atoms with van der Waals surface area (Å²) in [5.74, 6) is -0.0644. The average molecular weight is 261 g/mol. The smallest absolute Gasteiger partial charge is 0.336 e. The number of aryl methyl sites for hydroxylation is 1. The fourth-order valence-corrected chi connectivity index (χ4v) is 2.33. The second-order valence-corrected chi connectivity index (χ2v) is 5.14. The molecule has 4 nitrogen and oxygen atoms in total. The van der Waals surface area contributed by atoms with Crippen LogP contribution in [0.4, 0.5) is 0 Å². The first-order chi connectivity index (χ1) is 9.02. The van der Waals surface area contributed by atoms with Crippen LogP contribution in [0.15, 0.2) is 27.4 Å². The highest BCUT2D eigenvalue weighted by Gasteiger charge is 2.12. The molecule has 0 amide bonds. The number of rotatable bonds is 4. The van der Waals surface area contributed by atoms with Gasteiger partial charge >= 0.3 is 5.63 Å². The molecule has 0 radical (unpaired) electrons. The first kappa shape index (κ1) is 13.6. The second kappa shape index (κ2) is 5.45. The normalized spacial score (nSPS) is 11.4. The van der Waals surface area contributed by atoms with E-state index in [1.807, 2.05) is 14.1 Å². The Bertz CT molecular complexity index is 644. The molecule has 0 saturated heterocycles. The molecule has 2 aromatic rings. The fraction of sp³-hybridized carbons (Fsp3) is 0.400. The Labute approximate surface area is 112 Å². The minimum Gasteiger partial charge on any atom is -0.872 e. The summed E-state index contributed by atoms with van der Waals surface area (Å²) in [5, 5.41) is 12.9. The molecule has 0 aliphatic heterocycles. The van der Waals surface area contributed by atoms with Crippen LogP contribution < -0.4 is 15.6 Å². The zero-order chi connectivity index (χ0) is 14.0. The molecule has 1 N–H and O–H groups in total. The molecule has 19 heavy (non-hydrogen) atoms. The molecule has 4 heteroatoms. The van der Waals surface area contributed by atoms with Crippen LogP contribution in [0.5, 0.6) is 5.75 Å². The van der Waals surface area contributed by atoms with Gasteiger partial charge < -0.3 is 14.4 Å². The monoisotopic (exact) mass is 261 g/mol. The SMILES string of the molecule is CCCc1cc(=O)oc2c(C[NH+](C)C)c([O-])ccc12. The van der Waals surface area contributed by atoms with E-state index in [1.165, 1.54) is 6.07 Å². The highest BCUT2D eigenvalue weighted by molar-refractivity contribution is 5.84. The van der Waals surface area contributed by atoms with Gasteiger partial charge in [0, 0.05) is 17.0 Å². The molecular weight excluding hydrogens is 242 g/mol. The van der Waals surface area contributed by atoms with E-state index in [0.29, 0.717) is 17.7 Å². The summed E-state index contributed by atoms with van der Waals surface area (Å²) < 4.78 is 5.29. The lowest BCUT2D eigenvalue weighted by atomic mass is 10.0. The molecular formula is C15H19NO3. The van der Waals surface area contributed by atoms with Crippen molar-refractivity contribution >= 4 is 11.0 Å². The van der Waals surface area contributed by atoms with E-state index in [4.69, 9.17) is 4.42 Å². The van der Waals surface area contributed by atoms with Gasteiger partial charge in [0.05, 0.1) is 14.1 Å². The number of hydrogen-bond acceptors (Lipinski definition) is 3. The number of nitrogens with one attached hydrogen (secondary N) is 1. The van der Waals surface area contributed by atoms with E-state index in [9.17, 15) is 9.90 Å². The predicted octanol–water partition coefficient (Wildman–Crippen LogP) is 0.464. The summed E-state index contributed by atoms with van der Waals surface area (Å²) >= 11 is 0. The summed E-state index contributed by atoms with van der Waals surface area (Å²) in [6, 6.07) is 4.86. The van der Waals surface area contributed by atoms with Gasteiger partial charge in [-0.3, -0.25) is 0 Å². The van der Waals surface area contributed by atoms with Gasteiger partial charge in [0.25, 0.3) is 0 Å². The van der Waals surface area contributed by atoms with E-state index < -0.39 is 0 Å². The Kier molecular flexibility index (Phi) is 3.90. The van der Waals surface area contributed by atoms with Crippen molar-refractivity contribution in [3.05, 3.63) is 39.7 Å². The number of quaternary nitrogens is 1. The third-order valence-corrected chi connectivity index (χ3v) is 3.11. The lowest BCUT2D eigenvalue weighted by Crippen LogP contribution is -3.04. The van der Waals surface area contributed by atoms with E-state index >= 15 is 0 Å². The zero-order valence-corrected chi connectivity index (χ0v) is 11.6. The van der Waals surface area contributed by atoms with Crippen LogP contribution >= 0.6 is 0 Å². The van der Waals surface area contributed by atoms with E-state index in [2.05, 4.69) is 6.92 Å². The van der Waals surface area contributed by atoms with Crippen molar-refractivity contribution in [1.29, 1.82) is 0 Å². The quantitative estimate of drug-likeness (QED) is 0.814. The number of hydrogen-bond donors (Lipinski definition) is 1. The fourth-order valence-electron chi connectivity index (χ4n) is 2.33. The van der Waals surface area contributed by atoms with Crippen LogP contribution in [-0.4, -0.2) is 14.1 Å². The van der Waals surface area contributed by atoms with E-state index in [-0.39, 0.29) is 11.4 Å². The van der Waals surface area contributed by atoms with Gasteiger partial charge in [0.2, 0.25) is 0 Å². The molecule has 0 saturated carbocycles. The van der Waals surface area contributed by atoms with Gasteiger partial charge in [-0.2, -0.15) is 0 Å². The molecule has 1 heterocycles. The molecule has 1 aromatic heterocycles. The van der Waals surface area contributed by atoms with Crippen LogP contribution in [0.2, 0.25) is 0 Å². The highest BCUT2D eigenvalue weighted by atomic mass is 16.4. The molecule has 0 aliphatic carbocycles. The molecule has 2 rings (SSSR count). The Balaban J connectivity index is 2.73. The Morgan fingerprint density at radius 2 is 2.05 bits per heavy atom. The summed E-state index contributed by atoms with van der Waals surface area (Å²) in [6.07, 6.45) is 1.76. The lowest BCUT2D eigenvalue weighted by molar-refractivity contribution is -0.872. The molecule has 1 aromatic carbocycles. The minimum absolute atomic E-state index is 0.0644. The van der Waals surface area contributed by atoms with Crippen LogP contribution in [0.25, 0.3) is 11.0 Å². The standard InChI is InChI=1S/C15H19NO3/c1-4-5-10-8-14(18)19-15-11(10)6-7-13(17)12(15)9-16(2)3/h6-8,17H,4-5,9H2,1-3H3. The van der Waals surface area contributed by atoms with Crippen LogP contribution in [0.3, 0.4) is 0 Å². The van der Waals surface area contributed by atoms with Crippen LogP contribution in [0, 0.1) is 0 Å². The van der Waals surface area contributed by atoms with Crippen molar-refractivity contribution in [3.8, 4) is 5.75 Å². The average Bonchev–Trinajstić information content (AvgIpc) is 2.33. The molecule has 102 valence electrons. The molecule has 0 spiro atoms. The third-order valence-electron chi connectivity index (χ3n) is 3.11. The van der Waals surface area contributed by atoms with E-state index in [0.717, 1.165) is 28.7 Å². The highest BCUT2D eigenvalue weighted by Crippen LogP contribution is 2.26. The van der Waals surface area contributed by atoms with Gasteiger partial charge in [-0.15, -0.1) is 0 Å². The van der Waals surface area contributed by atoms with Gasteiger partial charge in [0.15, 0.2) is 0 Å². The lowest BCUT2D eigenvalue weighted by Gasteiger charge is -2.17. The van der Waals surface area contributed by atoms with Gasteiger partial charge in [-0.25, -0.2) is 4.79 Å². The molecule has 0 bridgehead atoms. The van der Waals surface area contributed by atoms with Crippen LogP contribution in [0.1, 0.15) is 24.5 Å². The van der Waals surface area contributed by atoms with E-state index in [1.54, 1.807) is 12.1 Å². The number of benzene rings is 1. The third kappa shape index (κ3) is 2.79. The summed E-state index contributed by atoms with van der Waals surface area (Å²) in [6.45, 7) is 2.61. The van der Waals surface area contributed by atoms with Gasteiger partial charge in [-0.05, 0) is 12.0 Å². The molecule has 0 fully saturated rings. The topological polar surface area (TPSA) is 57.7 Å². The maximum Gasteiger partial charge on any atom is 0.336 e. The second-order valence-electron chi connectivity index (χ2n) is 5.14. The molecule has 0 unspecified atom stereocenters. The minimum atomic E-state index is -0.378. The first-order valence-electron chi connectivity index (χ1n) is 6.57. The Hall–Kier alpha value is -1.81. The zero-order valence-electron chi connectivity index (χ0n) is 11.6. The number of fused-ring (bicyclic) bond motifs is 1. The summed E-state index contributed by atoms with van der Waals surface area (Å²) in [4.78, 5) is 12.8. The maximum absolute atomic E-state index is 12.0. The van der Waals surface area contributed by atoms with Crippen molar-refractivity contribution in [2.75, 3.05) is 14.1 Å². The first-order valence-corrected chi connectivity index (χ1v) is 6.57. The van der Waals surface area contributed by atoms with Crippen molar-refractivity contribution < 1.29 is 14.4 Å². The summed E-state index contributed by atoms with van der Waals surface area (Å²) in [7, 11) is 3.93. The Morgan fingerprint density at radius 3 is 2.68 bits per heavy atom. The molecule has 0 atom stereocenters.